The molecular weight excluding hydrogens is 260 g/mol. The van der Waals surface area contributed by atoms with Crippen LogP contribution in [-0.4, -0.2) is 7.11 Å². The van der Waals surface area contributed by atoms with Crippen LogP contribution in [0.3, 0.4) is 0 Å². The molecule has 0 amide bonds. The van der Waals surface area contributed by atoms with Crippen molar-refractivity contribution in [3.8, 4) is 5.75 Å². The second kappa shape index (κ2) is 5.90. The molecule has 20 heavy (non-hydrogen) atoms. The van der Waals surface area contributed by atoms with Crippen LogP contribution in [0.15, 0.2) is 36.4 Å². The minimum atomic E-state index is -0.414. The number of halogens is 2. The molecule has 2 aromatic carbocycles. The Hall–Kier alpha value is -2.10. The lowest BCUT2D eigenvalue weighted by atomic mass is 10.1. The standard InChI is InChI=1S/C16H17F2NO/c1-10-7-8-12(17)14(9-10)19-11(2)16-13(18)5-4-6-15(16)20-3/h4-9,11,19H,1-3H3. The van der Waals surface area contributed by atoms with Gasteiger partial charge in [0.15, 0.2) is 0 Å². The molecule has 0 aliphatic rings. The highest BCUT2D eigenvalue weighted by molar-refractivity contribution is 5.50. The minimum absolute atomic E-state index is 0.350. The summed E-state index contributed by atoms with van der Waals surface area (Å²) < 4.78 is 32.9. The van der Waals surface area contributed by atoms with Crippen LogP contribution in [0.4, 0.5) is 14.5 Å². The van der Waals surface area contributed by atoms with Crippen molar-refractivity contribution >= 4 is 5.69 Å². The number of aryl methyl sites for hydroxylation is 1. The minimum Gasteiger partial charge on any atom is -0.496 e. The Kier molecular flexibility index (Phi) is 4.23. The maximum absolute atomic E-state index is 14.0. The third-order valence-corrected chi connectivity index (χ3v) is 3.16. The van der Waals surface area contributed by atoms with Gasteiger partial charge in [-0.15, -0.1) is 0 Å². The second-order valence-corrected chi connectivity index (χ2v) is 4.71. The van der Waals surface area contributed by atoms with Gasteiger partial charge in [-0.3, -0.25) is 0 Å². The largest absolute Gasteiger partial charge is 0.496 e. The molecule has 0 fully saturated rings. The third kappa shape index (κ3) is 2.90. The number of hydrogen-bond donors (Lipinski definition) is 1. The predicted molar refractivity (Wildman–Crippen MR) is 76.1 cm³/mol. The number of nitrogens with one attached hydrogen (secondary N) is 1. The zero-order valence-corrected chi connectivity index (χ0v) is 11.7. The highest BCUT2D eigenvalue weighted by Gasteiger charge is 2.17. The molecule has 2 nitrogen and oxygen atoms in total. The van der Waals surface area contributed by atoms with Crippen molar-refractivity contribution in [2.75, 3.05) is 12.4 Å². The second-order valence-electron chi connectivity index (χ2n) is 4.71. The zero-order valence-electron chi connectivity index (χ0n) is 11.7. The van der Waals surface area contributed by atoms with Crippen molar-refractivity contribution in [2.45, 2.75) is 19.9 Å². The van der Waals surface area contributed by atoms with Gasteiger partial charge in [0.1, 0.15) is 17.4 Å². The highest BCUT2D eigenvalue weighted by Crippen LogP contribution is 2.31. The van der Waals surface area contributed by atoms with Gasteiger partial charge in [-0.25, -0.2) is 8.78 Å². The van der Waals surface area contributed by atoms with Gasteiger partial charge in [-0.1, -0.05) is 12.1 Å². The van der Waals surface area contributed by atoms with Crippen molar-refractivity contribution in [3.05, 3.63) is 59.2 Å². The number of anilines is 1. The van der Waals surface area contributed by atoms with E-state index in [2.05, 4.69) is 5.32 Å². The summed E-state index contributed by atoms with van der Waals surface area (Å²) in [5.74, 6) is -0.298. The molecule has 4 heteroatoms. The predicted octanol–water partition coefficient (Wildman–Crippen LogP) is 4.45. The molecule has 0 saturated carbocycles. The zero-order chi connectivity index (χ0) is 14.7. The monoisotopic (exact) mass is 277 g/mol. The van der Waals surface area contributed by atoms with E-state index in [0.717, 1.165) is 5.56 Å². The molecule has 0 spiro atoms. The molecule has 0 bridgehead atoms. The lowest BCUT2D eigenvalue weighted by molar-refractivity contribution is 0.402. The molecule has 2 aromatic rings. The van der Waals surface area contributed by atoms with E-state index in [4.69, 9.17) is 4.74 Å². The Labute approximate surface area is 117 Å². The van der Waals surface area contributed by atoms with E-state index in [9.17, 15) is 8.78 Å². The summed E-state index contributed by atoms with van der Waals surface area (Å²) in [5, 5.41) is 2.99. The van der Waals surface area contributed by atoms with Crippen molar-refractivity contribution in [3.63, 3.8) is 0 Å². The summed E-state index contributed by atoms with van der Waals surface area (Å²) in [4.78, 5) is 0. The van der Waals surface area contributed by atoms with Crippen LogP contribution in [0.2, 0.25) is 0 Å². The van der Waals surface area contributed by atoms with E-state index in [0.29, 0.717) is 17.0 Å². The smallest absolute Gasteiger partial charge is 0.146 e. The Morgan fingerprint density at radius 3 is 2.55 bits per heavy atom. The molecule has 0 aromatic heterocycles. The van der Waals surface area contributed by atoms with E-state index in [1.54, 1.807) is 31.2 Å². The molecule has 1 atom stereocenters. The lowest BCUT2D eigenvalue weighted by Crippen LogP contribution is -2.11. The maximum atomic E-state index is 14.0. The van der Waals surface area contributed by atoms with Crippen molar-refractivity contribution < 1.29 is 13.5 Å². The third-order valence-electron chi connectivity index (χ3n) is 3.16. The lowest BCUT2D eigenvalue weighted by Gasteiger charge is -2.19. The first-order chi connectivity index (χ1) is 9.52. The van der Waals surface area contributed by atoms with Crippen LogP contribution < -0.4 is 10.1 Å². The average Bonchev–Trinajstić information content (AvgIpc) is 2.42. The first-order valence-electron chi connectivity index (χ1n) is 6.38. The highest BCUT2D eigenvalue weighted by atomic mass is 19.1. The van der Waals surface area contributed by atoms with Crippen molar-refractivity contribution in [2.24, 2.45) is 0 Å². The molecule has 0 aliphatic heterocycles. The fourth-order valence-corrected chi connectivity index (χ4v) is 2.17. The van der Waals surface area contributed by atoms with E-state index in [1.165, 1.54) is 19.2 Å². The van der Waals surface area contributed by atoms with Gasteiger partial charge in [0, 0.05) is 0 Å². The average molecular weight is 277 g/mol. The Morgan fingerprint density at radius 2 is 1.85 bits per heavy atom. The topological polar surface area (TPSA) is 21.3 Å². The molecule has 0 saturated heterocycles. The molecule has 1 unspecified atom stereocenters. The quantitative estimate of drug-likeness (QED) is 0.891. The summed E-state index contributed by atoms with van der Waals surface area (Å²) >= 11 is 0. The fraction of sp³-hybridized carbons (Fsp3) is 0.250. The Bertz CT molecular complexity index is 613. The van der Waals surface area contributed by atoms with E-state index < -0.39 is 6.04 Å². The summed E-state index contributed by atoms with van der Waals surface area (Å²) in [7, 11) is 1.48. The van der Waals surface area contributed by atoms with Crippen LogP contribution in [-0.2, 0) is 0 Å². The molecule has 1 N–H and O–H groups in total. The molecule has 0 radical (unpaired) electrons. The Morgan fingerprint density at radius 1 is 1.10 bits per heavy atom. The molecule has 106 valence electrons. The first kappa shape index (κ1) is 14.3. The van der Waals surface area contributed by atoms with Gasteiger partial charge in [0.05, 0.1) is 24.4 Å². The summed E-state index contributed by atoms with van der Waals surface area (Å²) in [6.45, 7) is 3.64. The van der Waals surface area contributed by atoms with Gasteiger partial charge in [0.2, 0.25) is 0 Å². The van der Waals surface area contributed by atoms with E-state index in [1.807, 2.05) is 6.92 Å². The summed E-state index contributed by atoms with van der Waals surface area (Å²) in [6.07, 6.45) is 0. The summed E-state index contributed by atoms with van der Waals surface area (Å²) in [5.41, 5.74) is 1.67. The number of hydrogen-bond acceptors (Lipinski definition) is 2. The van der Waals surface area contributed by atoms with Crippen molar-refractivity contribution in [1.82, 2.24) is 0 Å². The van der Waals surface area contributed by atoms with Gasteiger partial charge in [0.25, 0.3) is 0 Å². The summed E-state index contributed by atoms with van der Waals surface area (Å²) in [6, 6.07) is 8.99. The van der Waals surface area contributed by atoms with E-state index in [-0.39, 0.29) is 11.6 Å². The molecule has 2 rings (SSSR count). The van der Waals surface area contributed by atoms with Crippen LogP contribution in [0.25, 0.3) is 0 Å². The van der Waals surface area contributed by atoms with Crippen molar-refractivity contribution in [1.29, 1.82) is 0 Å². The van der Waals surface area contributed by atoms with Crippen LogP contribution in [0.5, 0.6) is 5.75 Å². The first-order valence-corrected chi connectivity index (χ1v) is 6.38. The molecule has 0 aliphatic carbocycles. The van der Waals surface area contributed by atoms with Gasteiger partial charge < -0.3 is 10.1 Å². The van der Waals surface area contributed by atoms with E-state index >= 15 is 0 Å². The number of methoxy groups -OCH3 is 1. The van der Waals surface area contributed by atoms with Gasteiger partial charge >= 0.3 is 0 Å². The SMILES string of the molecule is COc1cccc(F)c1C(C)Nc1cc(C)ccc1F. The Balaban J connectivity index is 2.33. The molecule has 0 heterocycles. The fourth-order valence-electron chi connectivity index (χ4n) is 2.17. The van der Waals surface area contributed by atoms with Crippen LogP contribution in [0.1, 0.15) is 24.1 Å². The maximum Gasteiger partial charge on any atom is 0.146 e. The number of ether oxygens (including phenoxy) is 1. The van der Waals surface area contributed by atoms with Crippen LogP contribution in [0, 0.1) is 18.6 Å². The van der Waals surface area contributed by atoms with Crippen LogP contribution >= 0.6 is 0 Å². The van der Waals surface area contributed by atoms with Gasteiger partial charge in [-0.2, -0.15) is 0 Å². The number of benzene rings is 2. The normalized spacial score (nSPS) is 12.1. The van der Waals surface area contributed by atoms with Gasteiger partial charge in [-0.05, 0) is 43.7 Å². The number of rotatable bonds is 4. The molecular formula is C16H17F2NO.